The van der Waals surface area contributed by atoms with Crippen LogP contribution < -0.4 is 5.32 Å². The first-order chi connectivity index (χ1) is 9.20. The predicted octanol–water partition coefficient (Wildman–Crippen LogP) is 3.87. The number of nitrogens with one attached hydrogen (secondary N) is 1. The molecule has 1 aliphatic heterocycles. The molecule has 0 saturated carbocycles. The van der Waals surface area contributed by atoms with Crippen LogP contribution in [0.1, 0.15) is 44.7 Å². The third-order valence-corrected chi connectivity index (χ3v) is 4.32. The van der Waals surface area contributed by atoms with Gasteiger partial charge in [0, 0.05) is 23.7 Å². The first kappa shape index (κ1) is 14.8. The molecule has 3 heteroatoms. The summed E-state index contributed by atoms with van der Waals surface area (Å²) in [6, 6.07) is 9.23. The molecular weight excluding hydrogens is 256 g/mol. The predicted molar refractivity (Wildman–Crippen MR) is 82.8 cm³/mol. The minimum absolute atomic E-state index is 0.406. The molecule has 2 rings (SSSR count). The number of halogens is 1. The van der Waals surface area contributed by atoms with Crippen LogP contribution in [0.25, 0.3) is 0 Å². The molecular formula is C16H25ClN2. The fourth-order valence-electron chi connectivity index (χ4n) is 2.85. The van der Waals surface area contributed by atoms with E-state index in [4.69, 9.17) is 11.6 Å². The molecule has 2 unspecified atom stereocenters. The van der Waals surface area contributed by atoms with Crippen molar-refractivity contribution in [3.63, 3.8) is 0 Å². The van der Waals surface area contributed by atoms with Crippen LogP contribution in [-0.2, 0) is 0 Å². The van der Waals surface area contributed by atoms with Crippen molar-refractivity contribution in [2.24, 2.45) is 0 Å². The van der Waals surface area contributed by atoms with Crippen LogP contribution >= 0.6 is 11.6 Å². The van der Waals surface area contributed by atoms with E-state index in [9.17, 15) is 0 Å². The van der Waals surface area contributed by atoms with Crippen LogP contribution in [0.4, 0.5) is 0 Å². The molecule has 1 aromatic rings. The lowest BCUT2D eigenvalue weighted by Gasteiger charge is -2.27. The van der Waals surface area contributed by atoms with Gasteiger partial charge in [-0.05, 0) is 57.0 Å². The van der Waals surface area contributed by atoms with Crippen LogP contribution in [-0.4, -0.2) is 30.6 Å². The van der Waals surface area contributed by atoms with E-state index in [-0.39, 0.29) is 0 Å². The molecule has 1 saturated heterocycles. The zero-order valence-electron chi connectivity index (χ0n) is 12.0. The monoisotopic (exact) mass is 280 g/mol. The Labute approximate surface area is 122 Å². The molecule has 2 nitrogen and oxygen atoms in total. The summed E-state index contributed by atoms with van der Waals surface area (Å²) in [6.45, 7) is 8.11. The van der Waals surface area contributed by atoms with Crippen LogP contribution in [0.3, 0.4) is 0 Å². The highest BCUT2D eigenvalue weighted by atomic mass is 35.5. The number of rotatable bonds is 6. The third-order valence-electron chi connectivity index (χ3n) is 4.08. The van der Waals surface area contributed by atoms with Gasteiger partial charge in [0.25, 0.3) is 0 Å². The van der Waals surface area contributed by atoms with Gasteiger partial charge >= 0.3 is 0 Å². The second kappa shape index (κ2) is 7.28. The van der Waals surface area contributed by atoms with E-state index in [1.165, 1.54) is 31.5 Å². The summed E-state index contributed by atoms with van der Waals surface area (Å²) in [4.78, 5) is 2.58. The van der Waals surface area contributed by atoms with Crippen LogP contribution in [0.5, 0.6) is 0 Å². The van der Waals surface area contributed by atoms with Crippen molar-refractivity contribution in [3.05, 3.63) is 34.9 Å². The third kappa shape index (κ3) is 4.20. The highest BCUT2D eigenvalue weighted by Gasteiger charge is 2.19. The van der Waals surface area contributed by atoms with Gasteiger partial charge in [-0.25, -0.2) is 0 Å². The lowest BCUT2D eigenvalue weighted by molar-refractivity contribution is 0.245. The average Bonchev–Trinajstić information content (AvgIpc) is 2.93. The summed E-state index contributed by atoms with van der Waals surface area (Å²) >= 11 is 6.08. The molecule has 0 bridgehead atoms. The molecule has 1 N–H and O–H groups in total. The van der Waals surface area contributed by atoms with E-state index in [0.29, 0.717) is 12.1 Å². The van der Waals surface area contributed by atoms with Crippen molar-refractivity contribution in [1.82, 2.24) is 10.2 Å². The molecule has 106 valence electrons. The molecule has 1 aliphatic rings. The highest BCUT2D eigenvalue weighted by molar-refractivity contribution is 6.30. The van der Waals surface area contributed by atoms with Gasteiger partial charge in [-0.3, -0.25) is 4.90 Å². The van der Waals surface area contributed by atoms with Gasteiger partial charge in [-0.15, -0.1) is 0 Å². The minimum Gasteiger partial charge on any atom is -0.308 e. The van der Waals surface area contributed by atoms with E-state index in [1.54, 1.807) is 0 Å². The molecule has 1 aromatic carbocycles. The molecule has 1 heterocycles. The van der Waals surface area contributed by atoms with E-state index < -0.39 is 0 Å². The maximum absolute atomic E-state index is 6.08. The van der Waals surface area contributed by atoms with Crippen LogP contribution in [0.15, 0.2) is 24.3 Å². The number of hydrogen-bond acceptors (Lipinski definition) is 2. The maximum Gasteiger partial charge on any atom is 0.0409 e. The van der Waals surface area contributed by atoms with Gasteiger partial charge in [0.15, 0.2) is 0 Å². The molecule has 0 radical (unpaired) electrons. The van der Waals surface area contributed by atoms with Crippen molar-refractivity contribution in [2.45, 2.75) is 45.2 Å². The standard InChI is InChI=1S/C16H25ClN2/c1-3-16(14-7-6-8-15(17)11-14)18-12-13(2)19-9-4-5-10-19/h6-8,11,13,16,18H,3-5,9-10,12H2,1-2H3. The first-order valence-electron chi connectivity index (χ1n) is 7.43. The van der Waals surface area contributed by atoms with Gasteiger partial charge in [0.2, 0.25) is 0 Å². The smallest absolute Gasteiger partial charge is 0.0409 e. The second-order valence-corrected chi connectivity index (χ2v) is 5.95. The SMILES string of the molecule is CCC(NCC(C)N1CCCC1)c1cccc(Cl)c1. The Morgan fingerprint density at radius 3 is 2.68 bits per heavy atom. The van der Waals surface area contributed by atoms with Gasteiger partial charge in [-0.1, -0.05) is 30.7 Å². The van der Waals surface area contributed by atoms with Crippen molar-refractivity contribution in [2.75, 3.05) is 19.6 Å². The summed E-state index contributed by atoms with van der Waals surface area (Å²) in [5.41, 5.74) is 1.30. The molecule has 0 aromatic heterocycles. The summed E-state index contributed by atoms with van der Waals surface area (Å²) < 4.78 is 0. The lowest BCUT2D eigenvalue weighted by atomic mass is 10.0. The van der Waals surface area contributed by atoms with Crippen LogP contribution in [0, 0.1) is 0 Å². The van der Waals surface area contributed by atoms with E-state index >= 15 is 0 Å². The Kier molecular flexibility index (Phi) is 5.68. The normalized spacial score (nSPS) is 19.5. The zero-order valence-corrected chi connectivity index (χ0v) is 12.8. The maximum atomic E-state index is 6.08. The Bertz CT molecular complexity index is 388. The highest BCUT2D eigenvalue weighted by Crippen LogP contribution is 2.20. The first-order valence-corrected chi connectivity index (χ1v) is 7.81. The summed E-state index contributed by atoms with van der Waals surface area (Å²) in [5.74, 6) is 0. The Morgan fingerprint density at radius 2 is 2.05 bits per heavy atom. The lowest BCUT2D eigenvalue weighted by Crippen LogP contribution is -2.39. The summed E-state index contributed by atoms with van der Waals surface area (Å²) in [5, 5.41) is 4.51. The van der Waals surface area contributed by atoms with E-state index in [0.717, 1.165) is 18.0 Å². The van der Waals surface area contributed by atoms with Crippen molar-refractivity contribution < 1.29 is 0 Å². The zero-order chi connectivity index (χ0) is 13.7. The molecule has 0 spiro atoms. The number of nitrogens with zero attached hydrogens (tertiary/aromatic N) is 1. The minimum atomic E-state index is 0.406. The van der Waals surface area contributed by atoms with Crippen molar-refractivity contribution in [3.8, 4) is 0 Å². The second-order valence-electron chi connectivity index (χ2n) is 5.52. The molecule has 0 amide bonds. The molecule has 0 aliphatic carbocycles. The van der Waals surface area contributed by atoms with E-state index in [1.807, 2.05) is 12.1 Å². The molecule has 19 heavy (non-hydrogen) atoms. The quantitative estimate of drug-likeness (QED) is 0.851. The fourth-order valence-corrected chi connectivity index (χ4v) is 3.04. The van der Waals surface area contributed by atoms with Crippen molar-refractivity contribution in [1.29, 1.82) is 0 Å². The van der Waals surface area contributed by atoms with Gasteiger partial charge in [0.1, 0.15) is 0 Å². The summed E-state index contributed by atoms with van der Waals surface area (Å²) in [7, 11) is 0. The average molecular weight is 281 g/mol. The Hall–Kier alpha value is -0.570. The van der Waals surface area contributed by atoms with Crippen LogP contribution in [0.2, 0.25) is 5.02 Å². The van der Waals surface area contributed by atoms with E-state index in [2.05, 4.69) is 36.2 Å². The number of benzene rings is 1. The Morgan fingerprint density at radius 1 is 1.32 bits per heavy atom. The number of hydrogen-bond donors (Lipinski definition) is 1. The molecule has 2 atom stereocenters. The topological polar surface area (TPSA) is 15.3 Å². The Balaban J connectivity index is 1.88. The van der Waals surface area contributed by atoms with Crippen molar-refractivity contribution >= 4 is 11.6 Å². The molecule has 1 fully saturated rings. The van der Waals surface area contributed by atoms with Gasteiger partial charge in [-0.2, -0.15) is 0 Å². The van der Waals surface area contributed by atoms with Gasteiger partial charge in [0.05, 0.1) is 0 Å². The fraction of sp³-hybridized carbons (Fsp3) is 0.625. The largest absolute Gasteiger partial charge is 0.308 e. The summed E-state index contributed by atoms with van der Waals surface area (Å²) in [6.07, 6.45) is 3.80. The van der Waals surface area contributed by atoms with Gasteiger partial charge < -0.3 is 5.32 Å². The number of likely N-dealkylation sites (tertiary alicyclic amines) is 1.